The highest BCUT2D eigenvalue weighted by molar-refractivity contribution is 6.29. The van der Waals surface area contributed by atoms with E-state index in [0.717, 1.165) is 0 Å². The van der Waals surface area contributed by atoms with Gasteiger partial charge >= 0.3 is 5.97 Å². The molecule has 0 radical (unpaired) electrons. The van der Waals surface area contributed by atoms with Crippen LogP contribution in [0, 0.1) is 6.92 Å². The number of carbonyl (C=O) groups is 2. The highest BCUT2D eigenvalue weighted by Gasteiger charge is 2.19. The molecule has 1 N–H and O–H groups in total. The van der Waals surface area contributed by atoms with Crippen molar-refractivity contribution in [3.63, 3.8) is 0 Å². The average molecular weight is 300 g/mol. The molecule has 0 saturated heterocycles. The summed E-state index contributed by atoms with van der Waals surface area (Å²) in [4.78, 5) is 30.4. The second kappa shape index (κ2) is 7.21. The Kier molecular flexibility index (Phi) is 5.91. The molecule has 0 unspecified atom stereocenters. The second-order valence-corrected chi connectivity index (χ2v) is 5.13. The minimum Gasteiger partial charge on any atom is -0.480 e. The number of hydrogen-bond acceptors (Lipinski definition) is 4. The molecule has 1 aromatic heterocycles. The van der Waals surface area contributed by atoms with E-state index in [2.05, 4.69) is 4.98 Å². The molecule has 110 valence electrons. The first-order valence-electron chi connectivity index (χ1n) is 6.09. The van der Waals surface area contributed by atoms with Crippen LogP contribution in [0.2, 0.25) is 5.15 Å². The normalized spacial score (nSPS) is 10.7. The van der Waals surface area contributed by atoms with Crippen LogP contribution in [-0.4, -0.2) is 65.5 Å². The number of carbonyl (C=O) groups excluding carboxylic acids is 1. The predicted molar refractivity (Wildman–Crippen MR) is 76.1 cm³/mol. The molecular weight excluding hydrogens is 282 g/mol. The van der Waals surface area contributed by atoms with Crippen molar-refractivity contribution in [3.8, 4) is 0 Å². The van der Waals surface area contributed by atoms with Crippen LogP contribution in [0.1, 0.15) is 16.1 Å². The van der Waals surface area contributed by atoms with Gasteiger partial charge in [-0.15, -0.1) is 0 Å². The average Bonchev–Trinajstić information content (AvgIpc) is 2.31. The van der Waals surface area contributed by atoms with Gasteiger partial charge in [-0.3, -0.25) is 9.59 Å². The van der Waals surface area contributed by atoms with Crippen LogP contribution in [0.3, 0.4) is 0 Å². The predicted octanol–water partition coefficient (Wildman–Crippen LogP) is 1.13. The van der Waals surface area contributed by atoms with Crippen LogP contribution in [0.4, 0.5) is 0 Å². The summed E-state index contributed by atoms with van der Waals surface area (Å²) in [6, 6.07) is 3.04. The van der Waals surface area contributed by atoms with Crippen LogP contribution >= 0.6 is 11.6 Å². The number of hydrogen-bond donors (Lipinski definition) is 1. The van der Waals surface area contributed by atoms with Crippen molar-refractivity contribution in [1.29, 1.82) is 0 Å². The van der Waals surface area contributed by atoms with Gasteiger partial charge < -0.3 is 14.9 Å². The molecule has 1 amide bonds. The number of halogens is 1. The molecule has 1 heterocycles. The summed E-state index contributed by atoms with van der Waals surface area (Å²) in [5.74, 6) is -1.41. The Morgan fingerprint density at radius 1 is 1.30 bits per heavy atom. The van der Waals surface area contributed by atoms with Gasteiger partial charge in [-0.2, -0.15) is 0 Å². The van der Waals surface area contributed by atoms with Gasteiger partial charge in [-0.1, -0.05) is 11.6 Å². The van der Waals surface area contributed by atoms with Gasteiger partial charge in [0.2, 0.25) is 0 Å². The summed E-state index contributed by atoms with van der Waals surface area (Å²) >= 11 is 5.83. The minimum absolute atomic E-state index is 0.219. The lowest BCUT2D eigenvalue weighted by Gasteiger charge is -2.22. The van der Waals surface area contributed by atoms with Gasteiger partial charge in [0.25, 0.3) is 5.91 Å². The van der Waals surface area contributed by atoms with E-state index in [1.54, 1.807) is 13.0 Å². The lowest BCUT2D eigenvalue weighted by atomic mass is 10.2. The van der Waals surface area contributed by atoms with Crippen molar-refractivity contribution >= 4 is 23.5 Å². The minimum atomic E-state index is -1.05. The number of pyridine rings is 1. The SMILES string of the molecule is Cc1cc(C(=O)N(CCN(C)C)CC(=O)O)cc(Cl)n1. The van der Waals surface area contributed by atoms with Crippen LogP contribution in [-0.2, 0) is 4.79 Å². The summed E-state index contributed by atoms with van der Waals surface area (Å²) in [5, 5.41) is 9.13. The van der Waals surface area contributed by atoms with Crippen molar-refractivity contribution in [3.05, 3.63) is 28.5 Å². The highest BCUT2D eigenvalue weighted by atomic mass is 35.5. The number of carboxylic acid groups (broad SMARTS) is 1. The Hall–Kier alpha value is -1.66. The summed E-state index contributed by atoms with van der Waals surface area (Å²) in [7, 11) is 3.72. The Morgan fingerprint density at radius 2 is 1.95 bits per heavy atom. The first-order chi connectivity index (χ1) is 9.29. The number of amides is 1. The maximum absolute atomic E-state index is 12.4. The number of carboxylic acids is 1. The third kappa shape index (κ3) is 5.14. The Bertz CT molecular complexity index is 485. The van der Waals surface area contributed by atoms with Gasteiger partial charge in [0.1, 0.15) is 11.7 Å². The molecular formula is C13H18ClN3O3. The summed E-state index contributed by atoms with van der Waals surface area (Å²) in [5.41, 5.74) is 0.964. The third-order valence-corrected chi connectivity index (χ3v) is 2.79. The standard InChI is InChI=1S/C13H18ClN3O3/c1-9-6-10(7-11(14)15-9)13(20)17(8-12(18)19)5-4-16(2)3/h6-7H,4-5,8H2,1-3H3,(H,18,19). The molecule has 1 rings (SSSR count). The maximum Gasteiger partial charge on any atom is 0.323 e. The van der Waals surface area contributed by atoms with E-state index in [1.807, 2.05) is 19.0 Å². The van der Waals surface area contributed by atoms with E-state index in [4.69, 9.17) is 16.7 Å². The Morgan fingerprint density at radius 3 is 2.45 bits per heavy atom. The van der Waals surface area contributed by atoms with Crippen LogP contribution < -0.4 is 0 Å². The molecule has 1 aromatic rings. The van der Waals surface area contributed by atoms with Crippen molar-refractivity contribution in [2.24, 2.45) is 0 Å². The molecule has 0 aromatic carbocycles. The highest BCUT2D eigenvalue weighted by Crippen LogP contribution is 2.12. The zero-order valence-electron chi connectivity index (χ0n) is 11.8. The fraction of sp³-hybridized carbons (Fsp3) is 0.462. The number of rotatable bonds is 6. The molecule has 0 saturated carbocycles. The zero-order valence-corrected chi connectivity index (χ0v) is 12.5. The number of aryl methyl sites for hydroxylation is 1. The van der Waals surface area contributed by atoms with Gasteiger partial charge in [0, 0.05) is 24.3 Å². The molecule has 0 aliphatic carbocycles. The second-order valence-electron chi connectivity index (χ2n) is 4.74. The lowest BCUT2D eigenvalue weighted by molar-refractivity contribution is -0.137. The Balaban J connectivity index is 2.93. The van der Waals surface area contributed by atoms with Crippen LogP contribution in [0.15, 0.2) is 12.1 Å². The smallest absolute Gasteiger partial charge is 0.323 e. The molecule has 0 aliphatic heterocycles. The zero-order chi connectivity index (χ0) is 15.3. The maximum atomic E-state index is 12.4. The molecule has 0 fully saturated rings. The number of aromatic nitrogens is 1. The van der Waals surface area contributed by atoms with Gasteiger partial charge in [0.05, 0.1) is 0 Å². The van der Waals surface area contributed by atoms with Crippen molar-refractivity contribution in [1.82, 2.24) is 14.8 Å². The molecule has 0 aliphatic rings. The van der Waals surface area contributed by atoms with Gasteiger partial charge in [-0.05, 0) is 33.2 Å². The molecule has 0 spiro atoms. The van der Waals surface area contributed by atoms with Crippen LogP contribution in [0.5, 0.6) is 0 Å². The lowest BCUT2D eigenvalue weighted by Crippen LogP contribution is -2.40. The topological polar surface area (TPSA) is 73.7 Å². The van der Waals surface area contributed by atoms with Crippen molar-refractivity contribution in [2.75, 3.05) is 33.7 Å². The van der Waals surface area contributed by atoms with E-state index in [1.165, 1.54) is 11.0 Å². The summed E-state index contributed by atoms with van der Waals surface area (Å²) in [6.45, 7) is 2.30. The number of likely N-dealkylation sites (N-methyl/N-ethyl adjacent to an activating group) is 1. The van der Waals surface area contributed by atoms with E-state index in [-0.39, 0.29) is 17.6 Å². The summed E-state index contributed by atoms with van der Waals surface area (Å²) < 4.78 is 0. The van der Waals surface area contributed by atoms with E-state index in [0.29, 0.717) is 24.3 Å². The van der Waals surface area contributed by atoms with E-state index >= 15 is 0 Å². The van der Waals surface area contributed by atoms with Crippen molar-refractivity contribution in [2.45, 2.75) is 6.92 Å². The molecule has 0 atom stereocenters. The largest absolute Gasteiger partial charge is 0.480 e. The quantitative estimate of drug-likeness (QED) is 0.797. The first-order valence-corrected chi connectivity index (χ1v) is 6.47. The van der Waals surface area contributed by atoms with Gasteiger partial charge in [0.15, 0.2) is 0 Å². The number of aliphatic carboxylic acids is 1. The fourth-order valence-corrected chi connectivity index (χ4v) is 1.92. The third-order valence-electron chi connectivity index (χ3n) is 2.60. The van der Waals surface area contributed by atoms with Gasteiger partial charge in [-0.25, -0.2) is 4.98 Å². The van der Waals surface area contributed by atoms with E-state index < -0.39 is 5.97 Å². The van der Waals surface area contributed by atoms with Crippen LogP contribution in [0.25, 0.3) is 0 Å². The van der Waals surface area contributed by atoms with E-state index in [9.17, 15) is 9.59 Å². The summed E-state index contributed by atoms with van der Waals surface area (Å²) in [6.07, 6.45) is 0. The molecule has 20 heavy (non-hydrogen) atoms. The first kappa shape index (κ1) is 16.4. The molecule has 7 heteroatoms. The van der Waals surface area contributed by atoms with Crippen molar-refractivity contribution < 1.29 is 14.7 Å². The molecule has 0 bridgehead atoms. The molecule has 6 nitrogen and oxygen atoms in total. The monoisotopic (exact) mass is 299 g/mol. The number of nitrogens with zero attached hydrogens (tertiary/aromatic N) is 3. The fourth-order valence-electron chi connectivity index (χ4n) is 1.67. The Labute approximate surface area is 123 Å².